The SMILES string of the molecule is O=C(CSc1nnc(-c2ccccc2)c(-c2ccccc2)n1)Nc1cc2c(cc1Cl)OCCO2. The third-order valence-corrected chi connectivity index (χ3v) is 6.15. The zero-order valence-electron chi connectivity index (χ0n) is 17.9. The summed E-state index contributed by atoms with van der Waals surface area (Å²) in [7, 11) is 0. The van der Waals surface area contributed by atoms with Crippen molar-refractivity contribution in [1.29, 1.82) is 0 Å². The molecule has 34 heavy (non-hydrogen) atoms. The summed E-state index contributed by atoms with van der Waals surface area (Å²) >= 11 is 7.49. The fourth-order valence-corrected chi connectivity index (χ4v) is 4.22. The zero-order chi connectivity index (χ0) is 23.3. The van der Waals surface area contributed by atoms with Crippen LogP contribution in [0.5, 0.6) is 11.5 Å². The van der Waals surface area contributed by atoms with Gasteiger partial charge < -0.3 is 14.8 Å². The lowest BCUT2D eigenvalue weighted by Crippen LogP contribution is -2.17. The maximum Gasteiger partial charge on any atom is 0.234 e. The molecule has 0 aliphatic carbocycles. The largest absolute Gasteiger partial charge is 0.486 e. The minimum absolute atomic E-state index is 0.0887. The third kappa shape index (κ3) is 4.98. The smallest absolute Gasteiger partial charge is 0.234 e. The Balaban J connectivity index is 1.33. The van der Waals surface area contributed by atoms with Crippen molar-refractivity contribution in [2.45, 2.75) is 5.16 Å². The third-order valence-electron chi connectivity index (χ3n) is 5.00. The second-order valence-corrected chi connectivity index (χ2v) is 8.69. The van der Waals surface area contributed by atoms with Gasteiger partial charge in [-0.2, -0.15) is 0 Å². The number of fused-ring (bicyclic) bond motifs is 1. The molecule has 0 atom stereocenters. The van der Waals surface area contributed by atoms with Crippen LogP contribution in [-0.2, 0) is 4.79 Å². The number of thioether (sulfide) groups is 1. The Labute approximate surface area is 205 Å². The first-order valence-corrected chi connectivity index (χ1v) is 11.9. The Hall–Kier alpha value is -3.62. The number of rotatable bonds is 6. The molecular formula is C25H19ClN4O3S. The number of nitrogens with one attached hydrogen (secondary N) is 1. The molecule has 0 saturated heterocycles. The molecule has 1 aromatic heterocycles. The molecule has 1 aliphatic rings. The van der Waals surface area contributed by atoms with E-state index in [0.29, 0.717) is 52.0 Å². The lowest BCUT2D eigenvalue weighted by atomic mass is 10.0. The van der Waals surface area contributed by atoms with Crippen molar-refractivity contribution in [2.75, 3.05) is 24.3 Å². The number of nitrogens with zero attached hydrogens (tertiary/aromatic N) is 3. The van der Waals surface area contributed by atoms with Crippen LogP contribution < -0.4 is 14.8 Å². The highest BCUT2D eigenvalue weighted by Gasteiger charge is 2.18. The average Bonchev–Trinajstić information content (AvgIpc) is 2.89. The first-order valence-electron chi connectivity index (χ1n) is 10.5. The van der Waals surface area contributed by atoms with Gasteiger partial charge >= 0.3 is 0 Å². The minimum Gasteiger partial charge on any atom is -0.486 e. The van der Waals surface area contributed by atoms with Gasteiger partial charge in [0.1, 0.15) is 24.6 Å². The van der Waals surface area contributed by atoms with E-state index in [9.17, 15) is 4.79 Å². The second kappa shape index (κ2) is 10.1. The number of amides is 1. The number of hydrogen-bond donors (Lipinski definition) is 1. The summed E-state index contributed by atoms with van der Waals surface area (Å²) in [4.78, 5) is 17.3. The van der Waals surface area contributed by atoms with Gasteiger partial charge in [-0.15, -0.1) is 10.2 Å². The van der Waals surface area contributed by atoms with Crippen molar-refractivity contribution >= 4 is 35.0 Å². The number of anilines is 1. The van der Waals surface area contributed by atoms with Crippen LogP contribution in [0.4, 0.5) is 5.69 Å². The van der Waals surface area contributed by atoms with E-state index in [4.69, 9.17) is 26.1 Å². The Morgan fingerprint density at radius 2 is 1.50 bits per heavy atom. The van der Waals surface area contributed by atoms with E-state index >= 15 is 0 Å². The monoisotopic (exact) mass is 490 g/mol. The Morgan fingerprint density at radius 3 is 2.18 bits per heavy atom. The molecule has 0 fully saturated rings. The quantitative estimate of drug-likeness (QED) is 0.364. The fraction of sp³-hybridized carbons (Fsp3) is 0.120. The van der Waals surface area contributed by atoms with Gasteiger partial charge in [0.25, 0.3) is 0 Å². The van der Waals surface area contributed by atoms with Crippen LogP contribution in [-0.4, -0.2) is 40.1 Å². The number of ether oxygens (including phenoxy) is 2. The van der Waals surface area contributed by atoms with Gasteiger partial charge in [0.05, 0.1) is 16.5 Å². The van der Waals surface area contributed by atoms with Gasteiger partial charge in [-0.05, 0) is 0 Å². The highest BCUT2D eigenvalue weighted by molar-refractivity contribution is 7.99. The number of hydrogen-bond acceptors (Lipinski definition) is 7. The summed E-state index contributed by atoms with van der Waals surface area (Å²) in [5.74, 6) is 0.955. The average molecular weight is 491 g/mol. The van der Waals surface area contributed by atoms with E-state index in [1.54, 1.807) is 12.1 Å². The van der Waals surface area contributed by atoms with Crippen LogP contribution in [0.15, 0.2) is 78.0 Å². The van der Waals surface area contributed by atoms with Crippen LogP contribution in [0.25, 0.3) is 22.5 Å². The normalized spacial score (nSPS) is 12.3. The molecule has 0 saturated carbocycles. The highest BCUT2D eigenvalue weighted by atomic mass is 35.5. The van der Waals surface area contributed by atoms with E-state index in [-0.39, 0.29) is 11.7 Å². The van der Waals surface area contributed by atoms with Crippen molar-refractivity contribution in [2.24, 2.45) is 0 Å². The molecule has 1 aliphatic heterocycles. The maximum absolute atomic E-state index is 12.6. The molecule has 1 N–H and O–H groups in total. The summed E-state index contributed by atoms with van der Waals surface area (Å²) in [5.41, 5.74) is 3.69. The summed E-state index contributed by atoms with van der Waals surface area (Å²) < 4.78 is 11.1. The molecule has 0 unspecified atom stereocenters. The van der Waals surface area contributed by atoms with E-state index in [1.807, 2.05) is 60.7 Å². The van der Waals surface area contributed by atoms with E-state index < -0.39 is 0 Å². The molecule has 0 radical (unpaired) electrons. The summed E-state index contributed by atoms with van der Waals surface area (Å²) in [5, 5.41) is 12.3. The summed E-state index contributed by atoms with van der Waals surface area (Å²) in [6, 6.07) is 22.9. The molecule has 4 aromatic rings. The van der Waals surface area contributed by atoms with Crippen LogP contribution >= 0.6 is 23.4 Å². The second-order valence-electron chi connectivity index (χ2n) is 7.34. The number of carbonyl (C=O) groups excluding carboxylic acids is 1. The molecular weight excluding hydrogens is 472 g/mol. The van der Waals surface area contributed by atoms with Crippen LogP contribution in [0.2, 0.25) is 5.02 Å². The summed E-state index contributed by atoms with van der Waals surface area (Å²) in [6.45, 7) is 0.915. The Bertz CT molecular complexity index is 1320. The van der Waals surface area contributed by atoms with Crippen molar-refractivity contribution in [3.05, 3.63) is 77.8 Å². The number of aromatic nitrogens is 3. The van der Waals surface area contributed by atoms with Gasteiger partial charge in [0, 0.05) is 23.3 Å². The summed E-state index contributed by atoms with van der Waals surface area (Å²) in [6.07, 6.45) is 0. The van der Waals surface area contributed by atoms with E-state index in [1.165, 1.54) is 11.8 Å². The Morgan fingerprint density at radius 1 is 0.882 bits per heavy atom. The first kappa shape index (κ1) is 22.2. The first-order chi connectivity index (χ1) is 16.7. The predicted octanol–water partition coefficient (Wildman–Crippen LogP) is 5.36. The van der Waals surface area contributed by atoms with Gasteiger partial charge in [0.15, 0.2) is 11.5 Å². The van der Waals surface area contributed by atoms with Crippen molar-refractivity contribution in [3.63, 3.8) is 0 Å². The molecule has 2 heterocycles. The Kier molecular flexibility index (Phi) is 6.60. The topological polar surface area (TPSA) is 86.2 Å². The number of halogens is 1. The highest BCUT2D eigenvalue weighted by Crippen LogP contribution is 2.38. The van der Waals surface area contributed by atoms with Crippen molar-refractivity contribution in [3.8, 4) is 34.0 Å². The van der Waals surface area contributed by atoms with Gasteiger partial charge in [-0.1, -0.05) is 84.0 Å². The molecule has 9 heteroatoms. The van der Waals surface area contributed by atoms with E-state index in [2.05, 4.69) is 15.5 Å². The number of benzene rings is 3. The molecule has 3 aromatic carbocycles. The minimum atomic E-state index is -0.249. The van der Waals surface area contributed by atoms with Crippen LogP contribution in [0, 0.1) is 0 Å². The van der Waals surface area contributed by atoms with Gasteiger partial charge in [-0.3, -0.25) is 4.79 Å². The molecule has 0 bridgehead atoms. The predicted molar refractivity (Wildman–Crippen MR) is 132 cm³/mol. The fourth-order valence-electron chi connectivity index (χ4n) is 3.44. The van der Waals surface area contributed by atoms with Crippen molar-refractivity contribution in [1.82, 2.24) is 15.2 Å². The molecule has 170 valence electrons. The standard InChI is InChI=1S/C25H19ClN4O3S/c26-18-13-20-21(33-12-11-32-20)14-19(18)27-22(31)15-34-25-28-23(16-7-3-1-4-8-16)24(29-30-25)17-9-5-2-6-10-17/h1-10,13-14H,11-12,15H2,(H,27,31). The maximum atomic E-state index is 12.6. The van der Waals surface area contributed by atoms with Gasteiger partial charge in [0.2, 0.25) is 11.1 Å². The lowest BCUT2D eigenvalue weighted by Gasteiger charge is -2.20. The van der Waals surface area contributed by atoms with Gasteiger partial charge in [-0.25, -0.2) is 4.98 Å². The van der Waals surface area contributed by atoms with Crippen LogP contribution in [0.1, 0.15) is 0 Å². The van der Waals surface area contributed by atoms with Crippen LogP contribution in [0.3, 0.4) is 0 Å². The van der Waals surface area contributed by atoms with Crippen molar-refractivity contribution < 1.29 is 14.3 Å². The van der Waals surface area contributed by atoms with E-state index in [0.717, 1.165) is 11.1 Å². The zero-order valence-corrected chi connectivity index (χ0v) is 19.5. The molecule has 1 amide bonds. The number of carbonyl (C=O) groups is 1. The molecule has 7 nitrogen and oxygen atoms in total. The molecule has 5 rings (SSSR count). The lowest BCUT2D eigenvalue weighted by molar-refractivity contribution is -0.113. The molecule has 0 spiro atoms.